The predicted octanol–water partition coefficient (Wildman–Crippen LogP) is 1.47. The van der Waals surface area contributed by atoms with E-state index in [4.69, 9.17) is 18.0 Å². The van der Waals surface area contributed by atoms with Gasteiger partial charge in [0.1, 0.15) is 0 Å². The van der Waals surface area contributed by atoms with Crippen LogP contribution in [0.1, 0.15) is 39.5 Å². The Kier molecular flexibility index (Phi) is 3.71. The zero-order valence-corrected chi connectivity index (χ0v) is 11.7. The monoisotopic (exact) mass is 268 g/mol. The smallest absolute Gasteiger partial charge is 0.233 e. The van der Waals surface area contributed by atoms with E-state index in [1.165, 1.54) is 4.90 Å². The molecule has 0 radical (unpaired) electrons. The van der Waals surface area contributed by atoms with Crippen LogP contribution < -0.4 is 5.73 Å². The largest absolute Gasteiger partial charge is 0.393 e. The van der Waals surface area contributed by atoms with Crippen LogP contribution in [-0.2, 0) is 9.59 Å². The molecule has 3 unspecified atom stereocenters. The lowest BCUT2D eigenvalue weighted by Crippen LogP contribution is -2.41. The zero-order chi connectivity index (χ0) is 13.4. The average Bonchev–Trinajstić information content (AvgIpc) is 2.79. The van der Waals surface area contributed by atoms with Crippen molar-refractivity contribution in [3.63, 3.8) is 0 Å². The highest BCUT2D eigenvalue weighted by Gasteiger charge is 2.53. The fourth-order valence-electron chi connectivity index (χ4n) is 3.30. The van der Waals surface area contributed by atoms with Gasteiger partial charge < -0.3 is 5.73 Å². The fraction of sp³-hybridized carbons (Fsp3) is 0.769. The molecule has 1 saturated carbocycles. The first-order valence-corrected chi connectivity index (χ1v) is 7.01. The first-order chi connectivity index (χ1) is 8.45. The molecule has 0 aromatic rings. The van der Waals surface area contributed by atoms with Gasteiger partial charge in [-0.2, -0.15) is 0 Å². The van der Waals surface area contributed by atoms with Crippen molar-refractivity contribution in [1.29, 1.82) is 0 Å². The Balaban J connectivity index is 2.11. The van der Waals surface area contributed by atoms with Crippen molar-refractivity contribution in [3.8, 4) is 0 Å². The second-order valence-electron chi connectivity index (χ2n) is 5.52. The third kappa shape index (κ3) is 2.16. The Bertz CT molecular complexity index is 372. The van der Waals surface area contributed by atoms with E-state index in [9.17, 15) is 9.59 Å². The molecule has 2 amide bonds. The minimum atomic E-state index is -0.201. The van der Waals surface area contributed by atoms with Gasteiger partial charge in [0.05, 0.1) is 16.8 Å². The van der Waals surface area contributed by atoms with Crippen LogP contribution in [0.4, 0.5) is 0 Å². The van der Waals surface area contributed by atoms with Crippen LogP contribution in [-0.4, -0.2) is 27.7 Å². The Labute approximate surface area is 113 Å². The fourth-order valence-corrected chi connectivity index (χ4v) is 3.55. The first kappa shape index (κ1) is 13.5. The number of fused-ring (bicyclic) bond motifs is 1. The third-order valence-corrected chi connectivity index (χ3v) is 4.45. The molecule has 5 heteroatoms. The summed E-state index contributed by atoms with van der Waals surface area (Å²) in [7, 11) is 0. The van der Waals surface area contributed by atoms with E-state index in [1.54, 1.807) is 0 Å². The van der Waals surface area contributed by atoms with Gasteiger partial charge in [0.2, 0.25) is 11.8 Å². The molecule has 2 rings (SSSR count). The van der Waals surface area contributed by atoms with Crippen molar-refractivity contribution in [1.82, 2.24) is 4.90 Å². The minimum absolute atomic E-state index is 0.00954. The number of nitrogens with two attached hydrogens (primary N) is 1. The number of rotatable bonds is 4. The predicted molar refractivity (Wildman–Crippen MR) is 72.7 cm³/mol. The number of hydrogen-bond donors (Lipinski definition) is 1. The van der Waals surface area contributed by atoms with E-state index in [0.29, 0.717) is 17.3 Å². The lowest BCUT2D eigenvalue weighted by Gasteiger charge is -2.24. The van der Waals surface area contributed by atoms with Crippen LogP contribution in [0.25, 0.3) is 0 Å². The van der Waals surface area contributed by atoms with Gasteiger partial charge in [-0.3, -0.25) is 14.5 Å². The van der Waals surface area contributed by atoms with Crippen LogP contribution in [0.5, 0.6) is 0 Å². The number of imide groups is 1. The van der Waals surface area contributed by atoms with Crippen molar-refractivity contribution >= 4 is 29.0 Å². The van der Waals surface area contributed by atoms with Gasteiger partial charge in [-0.15, -0.1) is 0 Å². The second-order valence-corrected chi connectivity index (χ2v) is 6.05. The zero-order valence-electron chi connectivity index (χ0n) is 10.9. The molecular formula is C13H20N2O2S. The van der Waals surface area contributed by atoms with Crippen molar-refractivity contribution in [3.05, 3.63) is 0 Å². The molecule has 2 N–H and O–H groups in total. The van der Waals surface area contributed by atoms with Crippen LogP contribution in [0.3, 0.4) is 0 Å². The quantitative estimate of drug-likeness (QED) is 0.619. The van der Waals surface area contributed by atoms with Gasteiger partial charge in [0, 0.05) is 12.5 Å². The Morgan fingerprint density at radius 3 is 2.28 bits per heavy atom. The van der Waals surface area contributed by atoms with Crippen molar-refractivity contribution in [2.24, 2.45) is 23.5 Å². The number of carbonyl (C=O) groups is 2. The van der Waals surface area contributed by atoms with Crippen LogP contribution in [0.2, 0.25) is 0 Å². The maximum atomic E-state index is 12.3. The summed E-state index contributed by atoms with van der Waals surface area (Å²) < 4.78 is 0. The van der Waals surface area contributed by atoms with Crippen LogP contribution in [0.15, 0.2) is 0 Å². The van der Waals surface area contributed by atoms with Crippen molar-refractivity contribution in [2.45, 2.75) is 45.6 Å². The van der Waals surface area contributed by atoms with E-state index < -0.39 is 0 Å². The molecule has 0 aromatic carbocycles. The normalized spacial score (nSPS) is 32.8. The number of thiocarbonyl (C=S) groups is 1. The number of hydrogen-bond acceptors (Lipinski definition) is 3. The summed E-state index contributed by atoms with van der Waals surface area (Å²) in [5.74, 6) is 0.336. The summed E-state index contributed by atoms with van der Waals surface area (Å²) in [6.45, 7) is 3.96. The molecule has 2 fully saturated rings. The third-order valence-electron chi connectivity index (χ3n) is 4.28. The first-order valence-electron chi connectivity index (χ1n) is 6.60. The molecule has 0 aromatic heterocycles. The number of nitrogens with zero attached hydrogens (tertiary/aromatic N) is 1. The van der Waals surface area contributed by atoms with E-state index in [1.807, 2.05) is 6.92 Å². The van der Waals surface area contributed by atoms with Gasteiger partial charge in [0.15, 0.2) is 0 Å². The molecule has 18 heavy (non-hydrogen) atoms. The van der Waals surface area contributed by atoms with Crippen molar-refractivity contribution in [2.75, 3.05) is 0 Å². The van der Waals surface area contributed by atoms with Gasteiger partial charge in [0.25, 0.3) is 0 Å². The number of amides is 2. The van der Waals surface area contributed by atoms with E-state index in [0.717, 1.165) is 19.3 Å². The standard InChI is InChI=1S/C13H20N2O2S/c1-3-8-5-9-10(6-8)13(17)15(12(9)16)7(2)4-11(14)18/h7-10H,3-6H2,1-2H3,(H2,14,18). The van der Waals surface area contributed by atoms with Gasteiger partial charge >= 0.3 is 0 Å². The maximum absolute atomic E-state index is 12.3. The molecule has 1 aliphatic heterocycles. The molecule has 100 valence electrons. The lowest BCUT2D eigenvalue weighted by molar-refractivity contribution is -0.142. The number of carbonyl (C=O) groups excluding carboxylic acids is 2. The topological polar surface area (TPSA) is 63.4 Å². The molecule has 0 spiro atoms. The van der Waals surface area contributed by atoms with E-state index in [-0.39, 0.29) is 29.7 Å². The summed E-state index contributed by atoms with van der Waals surface area (Å²) in [6, 6.07) is -0.201. The van der Waals surface area contributed by atoms with Gasteiger partial charge in [-0.1, -0.05) is 25.6 Å². The summed E-state index contributed by atoms with van der Waals surface area (Å²) >= 11 is 4.85. The van der Waals surface area contributed by atoms with E-state index >= 15 is 0 Å². The minimum Gasteiger partial charge on any atom is -0.393 e. The molecule has 1 saturated heterocycles. The Hall–Kier alpha value is -0.970. The molecule has 0 bridgehead atoms. The SMILES string of the molecule is CCC1CC2C(=O)N(C(C)CC(N)=S)C(=O)C2C1. The van der Waals surface area contributed by atoms with Gasteiger partial charge in [-0.25, -0.2) is 0 Å². The molecule has 4 nitrogen and oxygen atoms in total. The average molecular weight is 268 g/mol. The summed E-state index contributed by atoms with van der Waals surface area (Å²) in [6.07, 6.45) is 3.20. The Morgan fingerprint density at radius 2 is 1.89 bits per heavy atom. The van der Waals surface area contributed by atoms with Gasteiger partial charge in [-0.05, 0) is 25.7 Å². The summed E-state index contributed by atoms with van der Waals surface area (Å²) in [4.78, 5) is 26.4. The molecule has 3 atom stereocenters. The Morgan fingerprint density at radius 1 is 1.39 bits per heavy atom. The van der Waals surface area contributed by atoms with Crippen molar-refractivity contribution < 1.29 is 9.59 Å². The maximum Gasteiger partial charge on any atom is 0.233 e. The number of likely N-dealkylation sites (tertiary alicyclic amines) is 1. The molecule has 1 aliphatic carbocycles. The van der Waals surface area contributed by atoms with Crippen LogP contribution in [0, 0.1) is 17.8 Å². The summed E-state index contributed by atoms with van der Waals surface area (Å²) in [5, 5.41) is 0. The highest BCUT2D eigenvalue weighted by Crippen LogP contribution is 2.44. The highest BCUT2D eigenvalue weighted by molar-refractivity contribution is 7.80. The van der Waals surface area contributed by atoms with E-state index in [2.05, 4.69) is 6.92 Å². The summed E-state index contributed by atoms with van der Waals surface area (Å²) in [5.41, 5.74) is 5.49. The lowest BCUT2D eigenvalue weighted by atomic mass is 10.00. The molecule has 1 heterocycles. The molecule has 2 aliphatic rings. The highest BCUT2D eigenvalue weighted by atomic mass is 32.1. The molecular weight excluding hydrogens is 248 g/mol. The second kappa shape index (κ2) is 4.96. The van der Waals surface area contributed by atoms with Crippen LogP contribution >= 0.6 is 12.2 Å².